The fourth-order valence-electron chi connectivity index (χ4n) is 1.70. The van der Waals surface area contributed by atoms with Crippen molar-refractivity contribution in [3.63, 3.8) is 0 Å². The first kappa shape index (κ1) is 13.3. The number of hydrogen-bond acceptors (Lipinski definition) is 4. The Morgan fingerprint density at radius 3 is 2.16 bits per heavy atom. The molecule has 2 rings (SSSR count). The van der Waals surface area contributed by atoms with Gasteiger partial charge in [-0.2, -0.15) is 0 Å². The molecule has 0 saturated carbocycles. The summed E-state index contributed by atoms with van der Waals surface area (Å²) in [5.74, 6) is -0.188. The number of rotatable bonds is 3. The third-order valence-electron chi connectivity index (χ3n) is 2.69. The van der Waals surface area contributed by atoms with E-state index >= 15 is 0 Å². The maximum Gasteiger partial charge on any atom is 0.193 e. The third kappa shape index (κ3) is 3.00. The Morgan fingerprint density at radius 2 is 1.63 bits per heavy atom. The molecule has 0 aliphatic heterocycles. The van der Waals surface area contributed by atoms with Crippen molar-refractivity contribution in [2.24, 2.45) is 0 Å². The minimum atomic E-state index is -3.25. The first-order valence-electron chi connectivity index (χ1n) is 5.58. The van der Waals surface area contributed by atoms with Crippen molar-refractivity contribution in [3.05, 3.63) is 59.7 Å². The highest BCUT2D eigenvalue weighted by Crippen LogP contribution is 2.15. The van der Waals surface area contributed by atoms with Crippen LogP contribution in [-0.4, -0.2) is 20.5 Å². The van der Waals surface area contributed by atoms with Crippen LogP contribution in [0.3, 0.4) is 0 Å². The number of ketones is 1. The van der Waals surface area contributed by atoms with E-state index in [1.807, 2.05) is 0 Å². The minimum Gasteiger partial charge on any atom is -0.399 e. The molecule has 4 nitrogen and oxygen atoms in total. The van der Waals surface area contributed by atoms with E-state index in [9.17, 15) is 13.2 Å². The molecule has 98 valence electrons. The lowest BCUT2D eigenvalue weighted by atomic mass is 10.0. The Labute approximate surface area is 111 Å². The van der Waals surface area contributed by atoms with Gasteiger partial charge in [-0.3, -0.25) is 4.79 Å². The average Bonchev–Trinajstić information content (AvgIpc) is 2.37. The lowest BCUT2D eigenvalue weighted by molar-refractivity contribution is 0.103. The molecule has 0 radical (unpaired) electrons. The van der Waals surface area contributed by atoms with Gasteiger partial charge in [-0.1, -0.05) is 12.1 Å². The first-order valence-corrected chi connectivity index (χ1v) is 7.47. The van der Waals surface area contributed by atoms with Crippen LogP contribution in [0.25, 0.3) is 0 Å². The number of benzene rings is 2. The van der Waals surface area contributed by atoms with Gasteiger partial charge in [0.2, 0.25) is 0 Å². The monoisotopic (exact) mass is 275 g/mol. The van der Waals surface area contributed by atoms with E-state index in [1.54, 1.807) is 24.3 Å². The molecule has 19 heavy (non-hydrogen) atoms. The van der Waals surface area contributed by atoms with Crippen molar-refractivity contribution in [3.8, 4) is 0 Å². The topological polar surface area (TPSA) is 77.2 Å². The molecule has 0 fully saturated rings. The van der Waals surface area contributed by atoms with Crippen LogP contribution >= 0.6 is 0 Å². The molecule has 0 aliphatic rings. The third-order valence-corrected chi connectivity index (χ3v) is 3.82. The normalized spacial score (nSPS) is 11.2. The maximum absolute atomic E-state index is 12.2. The molecule has 2 aromatic rings. The quantitative estimate of drug-likeness (QED) is 0.685. The standard InChI is InChI=1S/C14H13NO3S/c1-19(17,18)13-7-5-10(6-8-13)14(16)11-3-2-4-12(15)9-11/h2-9H,15H2,1H3. The Morgan fingerprint density at radius 1 is 1.00 bits per heavy atom. The van der Waals surface area contributed by atoms with Crippen LogP contribution in [0.5, 0.6) is 0 Å². The minimum absolute atomic E-state index is 0.188. The Kier molecular flexibility index (Phi) is 3.40. The molecule has 0 bridgehead atoms. The van der Waals surface area contributed by atoms with Gasteiger partial charge >= 0.3 is 0 Å². The Balaban J connectivity index is 2.35. The van der Waals surface area contributed by atoms with Crippen LogP contribution in [0.2, 0.25) is 0 Å². The van der Waals surface area contributed by atoms with Gasteiger partial charge < -0.3 is 5.73 Å². The van der Waals surface area contributed by atoms with Crippen molar-refractivity contribution in [2.75, 3.05) is 12.0 Å². The zero-order chi connectivity index (χ0) is 14.0. The van der Waals surface area contributed by atoms with Crippen LogP contribution in [-0.2, 0) is 9.84 Å². The van der Waals surface area contributed by atoms with Gasteiger partial charge in [0.25, 0.3) is 0 Å². The van der Waals surface area contributed by atoms with Crippen molar-refractivity contribution < 1.29 is 13.2 Å². The lowest BCUT2D eigenvalue weighted by Gasteiger charge is -2.03. The summed E-state index contributed by atoms with van der Waals surface area (Å²) in [6.07, 6.45) is 1.13. The van der Waals surface area contributed by atoms with E-state index in [4.69, 9.17) is 5.73 Å². The Bertz CT molecular complexity index is 719. The van der Waals surface area contributed by atoms with E-state index in [0.29, 0.717) is 16.8 Å². The molecule has 0 aromatic heterocycles. The van der Waals surface area contributed by atoms with Crippen molar-refractivity contribution in [1.82, 2.24) is 0 Å². The van der Waals surface area contributed by atoms with E-state index in [2.05, 4.69) is 0 Å². The molecule has 5 heteroatoms. The van der Waals surface area contributed by atoms with Crippen LogP contribution in [0.15, 0.2) is 53.4 Å². The van der Waals surface area contributed by atoms with Gasteiger partial charge in [-0.05, 0) is 36.4 Å². The van der Waals surface area contributed by atoms with Crippen molar-refractivity contribution in [2.45, 2.75) is 4.90 Å². The summed E-state index contributed by atoms with van der Waals surface area (Å²) in [6, 6.07) is 12.5. The molecule has 2 aromatic carbocycles. The van der Waals surface area contributed by atoms with Crippen LogP contribution < -0.4 is 5.73 Å². The second-order valence-corrected chi connectivity index (χ2v) is 6.27. The number of sulfone groups is 1. The van der Waals surface area contributed by atoms with Crippen molar-refractivity contribution in [1.29, 1.82) is 0 Å². The molecule has 0 heterocycles. The molecule has 0 spiro atoms. The molecular formula is C14H13NO3S. The fraction of sp³-hybridized carbons (Fsp3) is 0.0714. The second kappa shape index (κ2) is 4.85. The molecule has 0 aliphatic carbocycles. The zero-order valence-electron chi connectivity index (χ0n) is 10.3. The molecule has 0 saturated heterocycles. The number of nitrogen functional groups attached to an aromatic ring is 1. The summed E-state index contributed by atoms with van der Waals surface area (Å²) in [4.78, 5) is 12.3. The maximum atomic E-state index is 12.2. The summed E-state index contributed by atoms with van der Waals surface area (Å²) in [7, 11) is -3.25. The summed E-state index contributed by atoms with van der Waals surface area (Å²) < 4.78 is 22.7. The van der Waals surface area contributed by atoms with Crippen LogP contribution in [0, 0.1) is 0 Å². The van der Waals surface area contributed by atoms with Gasteiger partial charge in [0.15, 0.2) is 15.6 Å². The van der Waals surface area contributed by atoms with E-state index in [0.717, 1.165) is 6.26 Å². The number of nitrogens with two attached hydrogens (primary N) is 1. The highest BCUT2D eigenvalue weighted by Gasteiger charge is 2.11. The number of carbonyl (C=O) groups is 1. The first-order chi connectivity index (χ1) is 8.88. The van der Waals surface area contributed by atoms with E-state index in [1.165, 1.54) is 24.3 Å². The number of carbonyl (C=O) groups excluding carboxylic acids is 1. The highest BCUT2D eigenvalue weighted by molar-refractivity contribution is 7.90. The molecular weight excluding hydrogens is 262 g/mol. The lowest BCUT2D eigenvalue weighted by Crippen LogP contribution is -2.03. The zero-order valence-corrected chi connectivity index (χ0v) is 11.1. The van der Waals surface area contributed by atoms with Crippen LogP contribution in [0.1, 0.15) is 15.9 Å². The largest absolute Gasteiger partial charge is 0.399 e. The summed E-state index contributed by atoms with van der Waals surface area (Å²) in [5, 5.41) is 0. The van der Waals surface area contributed by atoms with Crippen LogP contribution in [0.4, 0.5) is 5.69 Å². The van der Waals surface area contributed by atoms with Crippen molar-refractivity contribution >= 4 is 21.3 Å². The smallest absolute Gasteiger partial charge is 0.193 e. The molecule has 0 amide bonds. The fourth-order valence-corrected chi connectivity index (χ4v) is 2.33. The van der Waals surface area contributed by atoms with Gasteiger partial charge in [0.1, 0.15) is 0 Å². The average molecular weight is 275 g/mol. The summed E-state index contributed by atoms with van der Waals surface area (Å²) >= 11 is 0. The summed E-state index contributed by atoms with van der Waals surface area (Å²) in [6.45, 7) is 0. The van der Waals surface area contributed by atoms with E-state index in [-0.39, 0.29) is 10.7 Å². The number of anilines is 1. The number of hydrogen-bond donors (Lipinski definition) is 1. The van der Waals surface area contributed by atoms with E-state index < -0.39 is 9.84 Å². The Hall–Kier alpha value is -2.14. The predicted molar refractivity (Wildman–Crippen MR) is 73.8 cm³/mol. The van der Waals surface area contributed by atoms with Gasteiger partial charge in [-0.25, -0.2) is 8.42 Å². The second-order valence-electron chi connectivity index (χ2n) is 4.25. The van der Waals surface area contributed by atoms with Gasteiger partial charge in [-0.15, -0.1) is 0 Å². The molecule has 0 atom stereocenters. The summed E-state index contributed by atoms with van der Waals surface area (Å²) in [5.41, 5.74) is 7.04. The predicted octanol–water partition coefficient (Wildman–Crippen LogP) is 1.90. The van der Waals surface area contributed by atoms with Gasteiger partial charge in [0, 0.05) is 23.1 Å². The molecule has 0 unspecified atom stereocenters. The SMILES string of the molecule is CS(=O)(=O)c1ccc(C(=O)c2cccc(N)c2)cc1. The molecule has 2 N–H and O–H groups in total. The van der Waals surface area contributed by atoms with Gasteiger partial charge in [0.05, 0.1) is 4.90 Å². The highest BCUT2D eigenvalue weighted by atomic mass is 32.2.